The van der Waals surface area contributed by atoms with Gasteiger partial charge in [0, 0.05) is 6.92 Å². The minimum Gasteiger partial charge on any atom is -0.458 e. The van der Waals surface area contributed by atoms with E-state index in [1.165, 1.54) is 0 Å². The van der Waals surface area contributed by atoms with Gasteiger partial charge in [-0.3, -0.25) is 0 Å². The average Bonchev–Trinajstić information content (AvgIpc) is 2.34. The number of benzene rings is 1. The highest BCUT2D eigenvalue weighted by molar-refractivity contribution is 5.89. The van der Waals surface area contributed by atoms with E-state index in [2.05, 4.69) is 4.74 Å². The lowest BCUT2D eigenvalue weighted by Crippen LogP contribution is -2.28. The molecule has 0 atom stereocenters. The van der Waals surface area contributed by atoms with E-state index in [0.29, 0.717) is 12.5 Å². The van der Waals surface area contributed by atoms with Crippen LogP contribution in [0.5, 0.6) is 0 Å². The zero-order chi connectivity index (χ0) is 13.6. The predicted octanol–water partition coefficient (Wildman–Crippen LogP) is 2.04. The number of halogens is 2. The van der Waals surface area contributed by atoms with Crippen LogP contribution in [0, 0.1) is 0 Å². The molecule has 18 heavy (non-hydrogen) atoms. The van der Waals surface area contributed by atoms with Crippen molar-refractivity contribution < 1.29 is 27.8 Å². The van der Waals surface area contributed by atoms with E-state index < -0.39 is 24.5 Å². The number of ether oxygens (including phenoxy) is 2. The quantitative estimate of drug-likeness (QED) is 0.599. The number of carbonyl (C=O) groups excluding carboxylic acids is 2. The third-order valence-corrected chi connectivity index (χ3v) is 1.92. The number of alkyl halides is 2. The van der Waals surface area contributed by atoms with Gasteiger partial charge in [0.1, 0.15) is 13.2 Å². The van der Waals surface area contributed by atoms with Crippen LogP contribution in [0.15, 0.2) is 30.3 Å². The van der Waals surface area contributed by atoms with Crippen molar-refractivity contribution in [1.82, 2.24) is 0 Å². The van der Waals surface area contributed by atoms with Gasteiger partial charge in [-0.05, 0) is 12.1 Å². The molecule has 0 saturated heterocycles. The maximum atomic E-state index is 12.4. The highest BCUT2D eigenvalue weighted by atomic mass is 19.3. The molecule has 0 unspecified atom stereocenters. The lowest BCUT2D eigenvalue weighted by Gasteiger charge is -2.10. The first-order valence-corrected chi connectivity index (χ1v) is 5.18. The van der Waals surface area contributed by atoms with Crippen LogP contribution < -0.4 is 0 Å². The molecule has 0 aliphatic rings. The van der Waals surface area contributed by atoms with E-state index in [1.807, 2.05) is 0 Å². The van der Waals surface area contributed by atoms with Crippen molar-refractivity contribution in [3.05, 3.63) is 35.9 Å². The molecule has 0 heterocycles. The molecule has 4 nitrogen and oxygen atoms in total. The molecule has 1 aromatic rings. The van der Waals surface area contributed by atoms with Gasteiger partial charge >= 0.3 is 17.9 Å². The van der Waals surface area contributed by atoms with Gasteiger partial charge < -0.3 is 9.47 Å². The topological polar surface area (TPSA) is 52.6 Å². The molecular formula is C12H12F2O4. The highest BCUT2D eigenvalue weighted by Crippen LogP contribution is 2.13. The monoisotopic (exact) mass is 258 g/mol. The van der Waals surface area contributed by atoms with E-state index in [0.717, 1.165) is 0 Å². The van der Waals surface area contributed by atoms with Crippen LogP contribution in [-0.2, 0) is 14.3 Å². The van der Waals surface area contributed by atoms with Crippen molar-refractivity contribution in [2.75, 3.05) is 13.2 Å². The van der Waals surface area contributed by atoms with Crippen molar-refractivity contribution in [1.29, 1.82) is 0 Å². The van der Waals surface area contributed by atoms with Crippen LogP contribution in [0.3, 0.4) is 0 Å². The van der Waals surface area contributed by atoms with E-state index in [-0.39, 0.29) is 6.61 Å². The Bertz CT molecular complexity index is 412. The molecule has 1 aromatic carbocycles. The summed E-state index contributed by atoms with van der Waals surface area (Å²) in [4.78, 5) is 22.0. The first-order chi connectivity index (χ1) is 8.41. The molecule has 6 heteroatoms. The Morgan fingerprint density at radius 3 is 2.22 bits per heavy atom. The third kappa shape index (κ3) is 4.48. The zero-order valence-corrected chi connectivity index (χ0v) is 9.69. The van der Waals surface area contributed by atoms with Crippen molar-refractivity contribution in [2.24, 2.45) is 0 Å². The van der Waals surface area contributed by atoms with Crippen molar-refractivity contribution in [3.63, 3.8) is 0 Å². The number of hydrogen-bond donors (Lipinski definition) is 0. The Kier molecular flexibility index (Phi) is 4.76. The van der Waals surface area contributed by atoms with Crippen molar-refractivity contribution >= 4 is 11.9 Å². The first-order valence-electron chi connectivity index (χ1n) is 5.18. The van der Waals surface area contributed by atoms with E-state index >= 15 is 0 Å². The molecule has 0 radical (unpaired) electrons. The minimum absolute atomic E-state index is 0.268. The molecule has 0 N–H and O–H groups in total. The third-order valence-electron chi connectivity index (χ3n) is 1.92. The lowest BCUT2D eigenvalue weighted by atomic mass is 10.2. The Balaban J connectivity index is 2.27. The van der Waals surface area contributed by atoms with Gasteiger partial charge in [-0.15, -0.1) is 0 Å². The Morgan fingerprint density at radius 2 is 1.67 bits per heavy atom. The Labute approximate surface area is 103 Å². The van der Waals surface area contributed by atoms with Crippen molar-refractivity contribution in [2.45, 2.75) is 12.8 Å². The SMILES string of the molecule is CC(F)(F)C(=O)OCCOC(=O)c1ccccc1. The summed E-state index contributed by atoms with van der Waals surface area (Å²) in [6.45, 7) is -0.234. The molecule has 0 aromatic heterocycles. The molecule has 0 spiro atoms. The summed E-state index contributed by atoms with van der Waals surface area (Å²) in [6, 6.07) is 8.16. The summed E-state index contributed by atoms with van der Waals surface area (Å²) in [7, 11) is 0. The van der Waals surface area contributed by atoms with Crippen LogP contribution in [0.2, 0.25) is 0 Å². The molecule has 0 aliphatic heterocycles. The summed E-state index contributed by atoms with van der Waals surface area (Å²) >= 11 is 0. The van der Waals surface area contributed by atoms with Gasteiger partial charge in [0.2, 0.25) is 0 Å². The summed E-state index contributed by atoms with van der Waals surface area (Å²) in [6.07, 6.45) is 0. The number of rotatable bonds is 5. The van der Waals surface area contributed by atoms with E-state index in [1.54, 1.807) is 30.3 Å². The second-order valence-electron chi connectivity index (χ2n) is 3.53. The normalized spacial score (nSPS) is 10.8. The smallest absolute Gasteiger partial charge is 0.376 e. The second-order valence-corrected chi connectivity index (χ2v) is 3.53. The first kappa shape index (κ1) is 14.1. The summed E-state index contributed by atoms with van der Waals surface area (Å²) < 4.78 is 33.7. The summed E-state index contributed by atoms with van der Waals surface area (Å²) in [5.74, 6) is -5.78. The van der Waals surface area contributed by atoms with E-state index in [4.69, 9.17) is 4.74 Å². The summed E-state index contributed by atoms with van der Waals surface area (Å²) in [5, 5.41) is 0. The standard InChI is InChI=1S/C12H12F2O4/c1-12(13,14)11(16)18-8-7-17-10(15)9-5-3-2-4-6-9/h2-6H,7-8H2,1H3. The maximum Gasteiger partial charge on any atom is 0.376 e. The fourth-order valence-electron chi connectivity index (χ4n) is 1.05. The van der Waals surface area contributed by atoms with Gasteiger partial charge in [-0.2, -0.15) is 8.78 Å². The molecule has 1 rings (SSSR count). The number of hydrogen-bond acceptors (Lipinski definition) is 4. The highest BCUT2D eigenvalue weighted by Gasteiger charge is 2.34. The Morgan fingerprint density at radius 1 is 1.11 bits per heavy atom. The second kappa shape index (κ2) is 6.09. The van der Waals surface area contributed by atoms with Gasteiger partial charge in [0.05, 0.1) is 5.56 Å². The summed E-state index contributed by atoms with van der Waals surface area (Å²) in [5.41, 5.74) is 0.338. The average molecular weight is 258 g/mol. The minimum atomic E-state index is -3.54. The molecule has 0 saturated carbocycles. The van der Waals surface area contributed by atoms with Crippen LogP contribution >= 0.6 is 0 Å². The number of esters is 2. The molecule has 0 aliphatic carbocycles. The lowest BCUT2D eigenvalue weighted by molar-refractivity contribution is -0.170. The molecular weight excluding hydrogens is 246 g/mol. The van der Waals surface area contributed by atoms with Gasteiger partial charge in [-0.25, -0.2) is 9.59 Å². The van der Waals surface area contributed by atoms with Gasteiger partial charge in [0.15, 0.2) is 0 Å². The zero-order valence-electron chi connectivity index (χ0n) is 9.69. The van der Waals surface area contributed by atoms with Crippen molar-refractivity contribution in [3.8, 4) is 0 Å². The van der Waals surface area contributed by atoms with Gasteiger partial charge in [0.25, 0.3) is 0 Å². The van der Waals surface area contributed by atoms with Crippen LogP contribution in [0.25, 0.3) is 0 Å². The van der Waals surface area contributed by atoms with Crippen LogP contribution in [-0.4, -0.2) is 31.1 Å². The molecule has 0 fully saturated rings. The fourth-order valence-corrected chi connectivity index (χ4v) is 1.05. The molecule has 0 amide bonds. The maximum absolute atomic E-state index is 12.4. The molecule has 0 bridgehead atoms. The van der Waals surface area contributed by atoms with E-state index in [9.17, 15) is 18.4 Å². The number of carbonyl (C=O) groups is 2. The van der Waals surface area contributed by atoms with Gasteiger partial charge in [-0.1, -0.05) is 18.2 Å². The largest absolute Gasteiger partial charge is 0.458 e. The fraction of sp³-hybridized carbons (Fsp3) is 0.333. The van der Waals surface area contributed by atoms with Crippen LogP contribution in [0.4, 0.5) is 8.78 Å². The Hall–Kier alpha value is -1.98. The predicted molar refractivity (Wildman–Crippen MR) is 58.3 cm³/mol. The molecule has 98 valence electrons. The van der Waals surface area contributed by atoms with Crippen LogP contribution in [0.1, 0.15) is 17.3 Å².